The third-order valence-corrected chi connectivity index (χ3v) is 6.35. The van der Waals surface area contributed by atoms with Gasteiger partial charge in [-0.3, -0.25) is 19.3 Å². The van der Waals surface area contributed by atoms with Crippen molar-refractivity contribution in [1.29, 1.82) is 0 Å². The van der Waals surface area contributed by atoms with Crippen LogP contribution in [0.25, 0.3) is 0 Å². The number of hydrogen-bond acceptors (Lipinski definition) is 5. The van der Waals surface area contributed by atoms with Crippen LogP contribution in [0.3, 0.4) is 0 Å². The van der Waals surface area contributed by atoms with Gasteiger partial charge in [0.1, 0.15) is 6.04 Å². The second kappa shape index (κ2) is 6.25. The molecule has 0 spiro atoms. The van der Waals surface area contributed by atoms with E-state index >= 15 is 0 Å². The van der Waals surface area contributed by atoms with E-state index in [1.54, 1.807) is 38.1 Å². The predicted octanol–water partition coefficient (Wildman–Crippen LogP) is 0.611. The lowest BCUT2D eigenvalue weighted by molar-refractivity contribution is -0.126. The van der Waals surface area contributed by atoms with Crippen LogP contribution < -0.4 is 5.32 Å². The van der Waals surface area contributed by atoms with Gasteiger partial charge in [0.25, 0.3) is 11.8 Å². The first kappa shape index (κ1) is 17.6. The van der Waals surface area contributed by atoms with Crippen molar-refractivity contribution in [1.82, 2.24) is 10.2 Å². The van der Waals surface area contributed by atoms with E-state index in [2.05, 4.69) is 5.32 Å². The summed E-state index contributed by atoms with van der Waals surface area (Å²) in [5.41, 5.74) is 0.573. The maximum absolute atomic E-state index is 12.7. The summed E-state index contributed by atoms with van der Waals surface area (Å²) in [4.78, 5) is 39.0. The Bertz CT molecular complexity index is 811. The summed E-state index contributed by atoms with van der Waals surface area (Å²) in [5, 5.41) is 2.70. The number of rotatable bonds is 4. The lowest BCUT2D eigenvalue weighted by Crippen LogP contribution is -2.54. The minimum atomic E-state index is -3.13. The minimum Gasteiger partial charge on any atom is -0.350 e. The fourth-order valence-corrected chi connectivity index (χ4v) is 5.05. The normalized spacial score (nSPS) is 23.0. The molecule has 2 unspecified atom stereocenters. The number of sulfone groups is 1. The Kier molecular flexibility index (Phi) is 4.40. The van der Waals surface area contributed by atoms with E-state index in [9.17, 15) is 22.8 Å². The van der Waals surface area contributed by atoms with E-state index in [1.807, 2.05) is 0 Å². The highest BCUT2D eigenvalue weighted by Gasteiger charge is 2.44. The topological polar surface area (TPSA) is 101 Å². The Morgan fingerprint density at radius 2 is 1.72 bits per heavy atom. The average molecular weight is 364 g/mol. The van der Waals surface area contributed by atoms with Crippen LogP contribution >= 0.6 is 0 Å². The van der Waals surface area contributed by atoms with Crippen LogP contribution in [-0.2, 0) is 14.6 Å². The number of carbonyl (C=O) groups is 3. The molecule has 2 aliphatic heterocycles. The molecule has 134 valence electrons. The van der Waals surface area contributed by atoms with Crippen molar-refractivity contribution in [2.75, 3.05) is 11.5 Å². The van der Waals surface area contributed by atoms with E-state index in [1.165, 1.54) is 0 Å². The molecule has 0 radical (unpaired) electrons. The van der Waals surface area contributed by atoms with Crippen molar-refractivity contribution in [3.63, 3.8) is 0 Å². The fraction of sp³-hybridized carbons (Fsp3) is 0.471. The SMILES string of the molecule is CC(C)C(C(=O)NC1CCS(=O)(=O)C1)N1C(=O)c2ccccc2C1=O. The molecule has 8 heteroatoms. The Hall–Kier alpha value is -2.22. The third kappa shape index (κ3) is 3.18. The van der Waals surface area contributed by atoms with Gasteiger partial charge in [-0.2, -0.15) is 0 Å². The molecule has 1 aromatic carbocycles. The maximum atomic E-state index is 12.7. The Morgan fingerprint density at radius 1 is 1.16 bits per heavy atom. The zero-order valence-corrected chi connectivity index (χ0v) is 14.9. The number of benzene rings is 1. The molecule has 1 fully saturated rings. The van der Waals surface area contributed by atoms with Crippen LogP contribution in [0, 0.1) is 5.92 Å². The van der Waals surface area contributed by atoms with Gasteiger partial charge in [0.15, 0.2) is 9.84 Å². The maximum Gasteiger partial charge on any atom is 0.262 e. The standard InChI is InChI=1S/C17H20N2O5S/c1-10(2)14(15(20)18-11-7-8-25(23,24)9-11)19-16(21)12-5-3-4-6-13(12)17(19)22/h3-6,10-11,14H,7-9H2,1-2H3,(H,18,20). The van der Waals surface area contributed by atoms with Crippen LogP contribution in [0.2, 0.25) is 0 Å². The van der Waals surface area contributed by atoms with Gasteiger partial charge in [-0.05, 0) is 24.5 Å². The van der Waals surface area contributed by atoms with Gasteiger partial charge < -0.3 is 5.32 Å². The van der Waals surface area contributed by atoms with E-state index in [4.69, 9.17) is 0 Å². The summed E-state index contributed by atoms with van der Waals surface area (Å²) in [6, 6.07) is 5.01. The molecule has 25 heavy (non-hydrogen) atoms. The van der Waals surface area contributed by atoms with Crippen molar-refractivity contribution < 1.29 is 22.8 Å². The molecular formula is C17H20N2O5S. The lowest BCUT2D eigenvalue weighted by Gasteiger charge is -2.29. The summed E-state index contributed by atoms with van der Waals surface area (Å²) in [7, 11) is -3.13. The highest BCUT2D eigenvalue weighted by molar-refractivity contribution is 7.91. The molecule has 0 aromatic heterocycles. The molecule has 2 heterocycles. The number of amides is 3. The molecule has 1 N–H and O–H groups in total. The minimum absolute atomic E-state index is 0.0390. The fourth-order valence-electron chi connectivity index (χ4n) is 3.37. The third-order valence-electron chi connectivity index (χ3n) is 4.58. The highest BCUT2D eigenvalue weighted by atomic mass is 32.2. The molecule has 0 saturated carbocycles. The second-order valence-corrected chi connectivity index (χ2v) is 9.05. The van der Waals surface area contributed by atoms with Crippen molar-refractivity contribution in [3.05, 3.63) is 35.4 Å². The largest absolute Gasteiger partial charge is 0.350 e. The van der Waals surface area contributed by atoms with Gasteiger partial charge >= 0.3 is 0 Å². The van der Waals surface area contributed by atoms with Gasteiger partial charge in [0.05, 0.1) is 22.6 Å². The van der Waals surface area contributed by atoms with Crippen molar-refractivity contribution in [2.24, 2.45) is 5.92 Å². The number of imide groups is 1. The molecular weight excluding hydrogens is 344 g/mol. The average Bonchev–Trinajstić information content (AvgIpc) is 2.99. The predicted molar refractivity (Wildman–Crippen MR) is 90.8 cm³/mol. The summed E-state index contributed by atoms with van der Waals surface area (Å²) in [6.07, 6.45) is 0.348. The van der Waals surface area contributed by atoms with Crippen LogP contribution in [0.5, 0.6) is 0 Å². The second-order valence-electron chi connectivity index (χ2n) is 6.82. The number of carbonyl (C=O) groups excluding carboxylic acids is 3. The molecule has 1 saturated heterocycles. The summed E-state index contributed by atoms with van der Waals surface area (Å²) in [6.45, 7) is 3.50. The number of nitrogens with zero attached hydrogens (tertiary/aromatic N) is 1. The lowest BCUT2D eigenvalue weighted by atomic mass is 10.0. The summed E-state index contributed by atoms with van der Waals surface area (Å²) < 4.78 is 23.1. The van der Waals surface area contributed by atoms with Crippen LogP contribution in [-0.4, -0.2) is 54.6 Å². The molecule has 1 aromatic rings. The van der Waals surface area contributed by atoms with E-state index in [0.29, 0.717) is 6.42 Å². The van der Waals surface area contributed by atoms with Crippen molar-refractivity contribution in [3.8, 4) is 0 Å². The van der Waals surface area contributed by atoms with Gasteiger partial charge in [0.2, 0.25) is 5.91 Å². The van der Waals surface area contributed by atoms with E-state index in [-0.39, 0.29) is 28.6 Å². The van der Waals surface area contributed by atoms with E-state index < -0.39 is 39.6 Å². The zero-order valence-electron chi connectivity index (χ0n) is 14.1. The first-order valence-electron chi connectivity index (χ1n) is 8.19. The van der Waals surface area contributed by atoms with Crippen LogP contribution in [0.4, 0.5) is 0 Å². The Morgan fingerprint density at radius 3 is 2.16 bits per heavy atom. The van der Waals surface area contributed by atoms with Gasteiger partial charge in [0, 0.05) is 6.04 Å². The van der Waals surface area contributed by atoms with Crippen LogP contribution in [0.15, 0.2) is 24.3 Å². The highest BCUT2D eigenvalue weighted by Crippen LogP contribution is 2.27. The van der Waals surface area contributed by atoms with Crippen molar-refractivity contribution in [2.45, 2.75) is 32.4 Å². The van der Waals surface area contributed by atoms with Gasteiger partial charge in [-0.25, -0.2) is 8.42 Å². The van der Waals surface area contributed by atoms with Crippen LogP contribution in [0.1, 0.15) is 41.0 Å². The molecule has 2 atom stereocenters. The molecule has 3 rings (SSSR count). The summed E-state index contributed by atoms with van der Waals surface area (Å²) >= 11 is 0. The molecule has 7 nitrogen and oxygen atoms in total. The molecule has 0 aliphatic carbocycles. The first-order chi connectivity index (χ1) is 11.7. The Balaban J connectivity index is 1.84. The van der Waals surface area contributed by atoms with Gasteiger partial charge in [-0.15, -0.1) is 0 Å². The smallest absolute Gasteiger partial charge is 0.262 e. The van der Waals surface area contributed by atoms with Crippen molar-refractivity contribution >= 4 is 27.6 Å². The number of nitrogens with one attached hydrogen (secondary N) is 1. The van der Waals surface area contributed by atoms with Gasteiger partial charge in [-0.1, -0.05) is 26.0 Å². The monoisotopic (exact) mass is 364 g/mol. The number of hydrogen-bond donors (Lipinski definition) is 1. The summed E-state index contributed by atoms with van der Waals surface area (Å²) in [5.74, 6) is -1.85. The quantitative estimate of drug-likeness (QED) is 0.789. The number of fused-ring (bicyclic) bond motifs is 1. The zero-order chi connectivity index (χ0) is 18.4. The molecule has 0 bridgehead atoms. The van der Waals surface area contributed by atoms with E-state index in [0.717, 1.165) is 4.90 Å². The molecule has 2 aliphatic rings. The molecule has 3 amide bonds. The first-order valence-corrected chi connectivity index (χ1v) is 10.0. The Labute approximate surface area is 146 Å².